The lowest BCUT2D eigenvalue weighted by molar-refractivity contribution is -0.107. The van der Waals surface area contributed by atoms with Crippen LogP contribution in [0, 0.1) is 11.8 Å². The van der Waals surface area contributed by atoms with Crippen LogP contribution in [-0.4, -0.2) is 43.5 Å². The van der Waals surface area contributed by atoms with Crippen LogP contribution in [0.4, 0.5) is 8.78 Å². The molecule has 1 atom stereocenters. The van der Waals surface area contributed by atoms with Crippen molar-refractivity contribution >= 4 is 0 Å². The van der Waals surface area contributed by atoms with E-state index in [0.29, 0.717) is 12.3 Å². The van der Waals surface area contributed by atoms with Crippen molar-refractivity contribution in [3.63, 3.8) is 0 Å². The van der Waals surface area contributed by atoms with E-state index in [-0.39, 0.29) is 6.54 Å². The van der Waals surface area contributed by atoms with E-state index in [1.165, 1.54) is 0 Å². The maximum atomic E-state index is 13.5. The summed E-state index contributed by atoms with van der Waals surface area (Å²) < 4.78 is 27.1. The second kappa shape index (κ2) is 4.96. The lowest BCUT2D eigenvalue weighted by Gasteiger charge is -2.39. The van der Waals surface area contributed by atoms with Gasteiger partial charge in [0.15, 0.2) is 0 Å². The van der Waals surface area contributed by atoms with E-state index in [0.717, 1.165) is 39.0 Å². The highest BCUT2D eigenvalue weighted by Crippen LogP contribution is 2.32. The first kappa shape index (κ1) is 12.2. The summed E-state index contributed by atoms with van der Waals surface area (Å²) in [4.78, 5) is 1.97. The fourth-order valence-electron chi connectivity index (χ4n) is 2.71. The van der Waals surface area contributed by atoms with Gasteiger partial charge in [-0.05, 0) is 44.8 Å². The minimum atomic E-state index is -2.48. The highest BCUT2D eigenvalue weighted by molar-refractivity contribution is 4.85. The molecule has 0 aromatic carbocycles. The Bertz CT molecular complexity index is 227. The first-order valence-electron chi connectivity index (χ1n) is 6.39. The summed E-state index contributed by atoms with van der Waals surface area (Å²) in [5, 5.41) is 3.31. The minimum absolute atomic E-state index is 0.0297. The summed E-state index contributed by atoms with van der Waals surface area (Å²) in [5.74, 6) is -2.31. The van der Waals surface area contributed by atoms with Gasteiger partial charge in [-0.2, -0.15) is 0 Å². The van der Waals surface area contributed by atoms with Gasteiger partial charge in [-0.1, -0.05) is 6.92 Å². The molecule has 0 aliphatic carbocycles. The number of nitrogens with one attached hydrogen (secondary N) is 1. The van der Waals surface area contributed by atoms with E-state index in [9.17, 15) is 8.78 Å². The Morgan fingerprint density at radius 3 is 2.56 bits per heavy atom. The number of hydrogen-bond donors (Lipinski definition) is 1. The fraction of sp³-hybridized carbons (Fsp3) is 1.00. The molecule has 94 valence electrons. The first-order valence-corrected chi connectivity index (χ1v) is 6.39. The van der Waals surface area contributed by atoms with Crippen molar-refractivity contribution in [2.45, 2.75) is 32.1 Å². The topological polar surface area (TPSA) is 15.3 Å². The maximum absolute atomic E-state index is 13.5. The third kappa shape index (κ3) is 2.92. The zero-order chi connectivity index (χ0) is 11.6. The molecule has 0 aromatic rings. The molecule has 0 radical (unpaired) electrons. The second-order valence-corrected chi connectivity index (χ2v) is 5.38. The van der Waals surface area contributed by atoms with Gasteiger partial charge in [0, 0.05) is 12.5 Å². The third-order valence-corrected chi connectivity index (χ3v) is 4.01. The molecular formula is C12H22F2N2. The van der Waals surface area contributed by atoms with Crippen molar-refractivity contribution in [2.75, 3.05) is 32.7 Å². The largest absolute Gasteiger partial charge is 0.317 e. The number of hydrogen-bond acceptors (Lipinski definition) is 2. The van der Waals surface area contributed by atoms with Gasteiger partial charge in [0.2, 0.25) is 0 Å². The quantitative estimate of drug-likeness (QED) is 0.783. The molecule has 2 heterocycles. The summed E-state index contributed by atoms with van der Waals surface area (Å²) in [6.07, 6.45) is 2.91. The summed E-state index contributed by atoms with van der Waals surface area (Å²) in [6, 6.07) is 0. The molecule has 2 aliphatic rings. The standard InChI is InChI=1S/C12H22F2N2/c1-10-4-7-16(9-12(10,13)14)8-11-2-5-15-6-3-11/h10-11,15H,2-9H2,1H3. The lowest BCUT2D eigenvalue weighted by Crippen LogP contribution is -2.49. The molecule has 2 rings (SSSR count). The highest BCUT2D eigenvalue weighted by Gasteiger charge is 2.41. The number of rotatable bonds is 2. The van der Waals surface area contributed by atoms with E-state index in [2.05, 4.69) is 5.32 Å². The fourth-order valence-corrected chi connectivity index (χ4v) is 2.71. The molecule has 2 nitrogen and oxygen atoms in total. The summed E-state index contributed by atoms with van der Waals surface area (Å²) in [5.41, 5.74) is 0. The third-order valence-electron chi connectivity index (χ3n) is 4.01. The lowest BCUT2D eigenvalue weighted by atomic mass is 9.92. The van der Waals surface area contributed by atoms with Gasteiger partial charge in [-0.15, -0.1) is 0 Å². The van der Waals surface area contributed by atoms with Crippen LogP contribution in [0.15, 0.2) is 0 Å². The van der Waals surface area contributed by atoms with Crippen molar-refractivity contribution in [1.82, 2.24) is 10.2 Å². The van der Waals surface area contributed by atoms with Gasteiger partial charge < -0.3 is 5.32 Å². The van der Waals surface area contributed by atoms with Crippen LogP contribution >= 0.6 is 0 Å². The molecule has 2 fully saturated rings. The highest BCUT2D eigenvalue weighted by atomic mass is 19.3. The number of likely N-dealkylation sites (tertiary alicyclic amines) is 1. The molecule has 2 saturated heterocycles. The van der Waals surface area contributed by atoms with Crippen molar-refractivity contribution in [2.24, 2.45) is 11.8 Å². The van der Waals surface area contributed by atoms with Crippen LogP contribution in [-0.2, 0) is 0 Å². The van der Waals surface area contributed by atoms with E-state index in [1.807, 2.05) is 4.90 Å². The molecular weight excluding hydrogens is 210 g/mol. The molecule has 0 bridgehead atoms. The average Bonchev–Trinajstić information content (AvgIpc) is 2.25. The van der Waals surface area contributed by atoms with Crippen LogP contribution in [0.5, 0.6) is 0 Å². The molecule has 0 spiro atoms. The molecule has 0 saturated carbocycles. The molecule has 2 aliphatic heterocycles. The van der Waals surface area contributed by atoms with E-state index < -0.39 is 11.8 Å². The Morgan fingerprint density at radius 1 is 1.25 bits per heavy atom. The van der Waals surface area contributed by atoms with E-state index >= 15 is 0 Å². The zero-order valence-corrected chi connectivity index (χ0v) is 10.0. The van der Waals surface area contributed by atoms with Crippen molar-refractivity contribution < 1.29 is 8.78 Å². The van der Waals surface area contributed by atoms with Crippen molar-refractivity contribution in [3.8, 4) is 0 Å². The Kier molecular flexibility index (Phi) is 3.80. The summed E-state index contributed by atoms with van der Waals surface area (Å²) in [6.45, 7) is 5.45. The Balaban J connectivity index is 1.81. The molecule has 4 heteroatoms. The van der Waals surface area contributed by atoms with Crippen LogP contribution < -0.4 is 5.32 Å². The van der Waals surface area contributed by atoms with Crippen LogP contribution in [0.2, 0.25) is 0 Å². The van der Waals surface area contributed by atoms with Crippen LogP contribution in [0.1, 0.15) is 26.2 Å². The summed E-state index contributed by atoms with van der Waals surface area (Å²) >= 11 is 0. The van der Waals surface area contributed by atoms with Crippen LogP contribution in [0.3, 0.4) is 0 Å². The van der Waals surface area contributed by atoms with E-state index in [4.69, 9.17) is 0 Å². The number of nitrogens with zero attached hydrogens (tertiary/aromatic N) is 1. The Labute approximate surface area is 96.4 Å². The normalized spacial score (nSPS) is 32.8. The number of halogens is 2. The number of alkyl halides is 2. The van der Waals surface area contributed by atoms with Gasteiger partial charge in [0.05, 0.1) is 6.54 Å². The maximum Gasteiger partial charge on any atom is 0.263 e. The van der Waals surface area contributed by atoms with E-state index in [1.54, 1.807) is 6.92 Å². The Hall–Kier alpha value is -0.220. The molecule has 1 unspecified atom stereocenters. The van der Waals surface area contributed by atoms with Gasteiger partial charge in [-0.3, -0.25) is 4.90 Å². The SMILES string of the molecule is CC1CCN(CC2CCNCC2)CC1(F)F. The van der Waals surface area contributed by atoms with Crippen molar-refractivity contribution in [1.29, 1.82) is 0 Å². The smallest absolute Gasteiger partial charge is 0.263 e. The monoisotopic (exact) mass is 232 g/mol. The van der Waals surface area contributed by atoms with Gasteiger partial charge in [-0.25, -0.2) is 8.78 Å². The number of piperidine rings is 2. The van der Waals surface area contributed by atoms with Crippen LogP contribution in [0.25, 0.3) is 0 Å². The van der Waals surface area contributed by atoms with Crippen molar-refractivity contribution in [3.05, 3.63) is 0 Å². The predicted octanol–water partition coefficient (Wildman–Crippen LogP) is 1.96. The van der Waals surface area contributed by atoms with Gasteiger partial charge in [0.1, 0.15) is 0 Å². The van der Waals surface area contributed by atoms with Gasteiger partial charge >= 0.3 is 0 Å². The molecule has 0 amide bonds. The Morgan fingerprint density at radius 2 is 1.94 bits per heavy atom. The second-order valence-electron chi connectivity index (χ2n) is 5.38. The molecule has 1 N–H and O–H groups in total. The predicted molar refractivity (Wildman–Crippen MR) is 60.8 cm³/mol. The zero-order valence-electron chi connectivity index (χ0n) is 10.0. The molecule has 0 aromatic heterocycles. The minimum Gasteiger partial charge on any atom is -0.317 e. The average molecular weight is 232 g/mol. The van der Waals surface area contributed by atoms with Gasteiger partial charge in [0.25, 0.3) is 5.92 Å². The first-order chi connectivity index (χ1) is 7.58. The summed E-state index contributed by atoms with van der Waals surface area (Å²) in [7, 11) is 0. The molecule has 16 heavy (non-hydrogen) atoms.